The number of hydrogen-bond acceptors (Lipinski definition) is 6. The summed E-state index contributed by atoms with van der Waals surface area (Å²) < 4.78 is 30.8. The summed E-state index contributed by atoms with van der Waals surface area (Å²) in [6.45, 7) is 0.772. The number of hydroxylamine groups is 1. The molecule has 2 unspecified atom stereocenters. The highest BCUT2D eigenvalue weighted by Crippen LogP contribution is 2.71. The van der Waals surface area contributed by atoms with Crippen LogP contribution in [0, 0.1) is 5.21 Å². The summed E-state index contributed by atoms with van der Waals surface area (Å²) >= 11 is 0. The van der Waals surface area contributed by atoms with Gasteiger partial charge in [0.25, 0.3) is 0 Å². The second kappa shape index (κ2) is 4.38. The second-order valence-corrected chi connectivity index (χ2v) is 7.48. The molecule has 0 saturated heterocycles. The van der Waals surface area contributed by atoms with Crippen molar-refractivity contribution >= 4 is 15.2 Å². The molecule has 10 heteroatoms. The van der Waals surface area contributed by atoms with Crippen LogP contribution in [-0.4, -0.2) is 29.0 Å². The van der Waals surface area contributed by atoms with Crippen molar-refractivity contribution in [1.29, 1.82) is 0 Å². The lowest BCUT2D eigenvalue weighted by Crippen LogP contribution is -2.38. The van der Waals surface area contributed by atoms with Gasteiger partial charge in [0.15, 0.2) is 0 Å². The zero-order valence-electron chi connectivity index (χ0n) is 7.83. The third-order valence-corrected chi connectivity index (χ3v) is 6.68. The largest absolute Gasteiger partial charge is 0.787 e. The molecule has 2 atom stereocenters. The van der Waals surface area contributed by atoms with E-state index < -0.39 is 20.2 Å². The van der Waals surface area contributed by atoms with Crippen LogP contribution in [0.4, 0.5) is 0 Å². The number of rotatable bonds is 5. The van der Waals surface area contributed by atoms with E-state index in [2.05, 4.69) is 9.05 Å². The zero-order valence-corrected chi connectivity index (χ0v) is 9.62. The standard InChI is InChI=1S/C4H12NO7P2/c1-4(5-6,13(7,8)11-2)14(9,10)12-3/h5H,1-3H3,(H,7,8)(H,9,10)/q-1. The van der Waals surface area contributed by atoms with Crippen molar-refractivity contribution in [3.05, 3.63) is 5.21 Å². The van der Waals surface area contributed by atoms with Gasteiger partial charge in [-0.2, -0.15) is 0 Å². The highest BCUT2D eigenvalue weighted by molar-refractivity contribution is 7.73. The molecule has 0 aliphatic carbocycles. The van der Waals surface area contributed by atoms with Gasteiger partial charge in [-0.1, -0.05) is 0 Å². The monoisotopic (exact) mass is 248 g/mol. The van der Waals surface area contributed by atoms with E-state index in [9.17, 15) is 14.3 Å². The Morgan fingerprint density at radius 3 is 1.64 bits per heavy atom. The van der Waals surface area contributed by atoms with Gasteiger partial charge in [-0.25, -0.2) is 0 Å². The SMILES string of the molecule is COP(=O)(O)C(C)(N[O-])P(=O)(O)OC. The van der Waals surface area contributed by atoms with E-state index in [1.165, 1.54) is 0 Å². The first-order valence-electron chi connectivity index (χ1n) is 3.35. The van der Waals surface area contributed by atoms with E-state index in [1.807, 2.05) is 0 Å². The summed E-state index contributed by atoms with van der Waals surface area (Å²) in [4.78, 5) is 18.3. The number of nitrogens with one attached hydrogen (secondary N) is 1. The average Bonchev–Trinajstić information content (AvgIpc) is 2.15. The van der Waals surface area contributed by atoms with E-state index >= 15 is 0 Å². The molecule has 0 spiro atoms. The van der Waals surface area contributed by atoms with E-state index in [-0.39, 0.29) is 0 Å². The van der Waals surface area contributed by atoms with Gasteiger partial charge in [0.05, 0.1) is 0 Å². The third kappa shape index (κ3) is 2.08. The van der Waals surface area contributed by atoms with Crippen molar-refractivity contribution in [2.45, 2.75) is 11.9 Å². The van der Waals surface area contributed by atoms with Crippen LogP contribution >= 0.6 is 15.2 Å². The predicted octanol–water partition coefficient (Wildman–Crippen LogP) is 0.411. The minimum atomic E-state index is -4.60. The lowest BCUT2D eigenvalue weighted by Gasteiger charge is -2.37. The summed E-state index contributed by atoms with van der Waals surface area (Å²) in [6.07, 6.45) is 0. The van der Waals surface area contributed by atoms with Gasteiger partial charge in [0.2, 0.25) is 5.02 Å². The van der Waals surface area contributed by atoms with Gasteiger partial charge in [-0.15, -0.1) is 0 Å². The van der Waals surface area contributed by atoms with Crippen LogP contribution < -0.4 is 5.48 Å². The summed E-state index contributed by atoms with van der Waals surface area (Å²) in [5, 5.41) is 7.89. The summed E-state index contributed by atoms with van der Waals surface area (Å²) in [5.74, 6) is 0. The lowest BCUT2D eigenvalue weighted by molar-refractivity contribution is 0.257. The summed E-state index contributed by atoms with van der Waals surface area (Å²) in [5.41, 5.74) is 1.03. The maximum atomic E-state index is 11.3. The first-order chi connectivity index (χ1) is 6.18. The molecule has 0 saturated carbocycles. The Hall–Kier alpha value is 0.220. The molecular formula is C4H12NO7P2-. The van der Waals surface area contributed by atoms with Crippen molar-refractivity contribution in [3.8, 4) is 0 Å². The van der Waals surface area contributed by atoms with Gasteiger partial charge < -0.3 is 29.5 Å². The van der Waals surface area contributed by atoms with E-state index in [1.54, 1.807) is 0 Å². The molecule has 8 nitrogen and oxygen atoms in total. The lowest BCUT2D eigenvalue weighted by atomic mass is 10.8. The van der Waals surface area contributed by atoms with Crippen LogP contribution in [-0.2, 0) is 18.2 Å². The van der Waals surface area contributed by atoms with Crippen LogP contribution in [0.1, 0.15) is 6.92 Å². The second-order valence-electron chi connectivity index (χ2n) is 2.53. The number of hydrogen-bond donors (Lipinski definition) is 3. The normalized spacial score (nSPS) is 24.7. The van der Waals surface area contributed by atoms with Crippen molar-refractivity contribution in [2.75, 3.05) is 14.2 Å². The first kappa shape index (κ1) is 14.2. The molecule has 86 valence electrons. The Morgan fingerprint density at radius 2 is 1.50 bits per heavy atom. The Balaban J connectivity index is 5.42. The maximum Gasteiger partial charge on any atom is 0.358 e. The minimum Gasteiger partial charge on any atom is -0.787 e. The molecule has 0 aliphatic rings. The highest BCUT2D eigenvalue weighted by Gasteiger charge is 2.56. The van der Waals surface area contributed by atoms with Gasteiger partial charge >= 0.3 is 15.2 Å². The van der Waals surface area contributed by atoms with Crippen LogP contribution in [0.25, 0.3) is 0 Å². The third-order valence-electron chi connectivity index (χ3n) is 1.79. The van der Waals surface area contributed by atoms with Gasteiger partial charge in [-0.05, 0) is 6.92 Å². The van der Waals surface area contributed by atoms with Crippen molar-refractivity contribution in [1.82, 2.24) is 5.48 Å². The van der Waals surface area contributed by atoms with Gasteiger partial charge in [-0.3, -0.25) is 9.13 Å². The maximum absolute atomic E-state index is 11.3. The Labute approximate surface area is 80.9 Å². The Bertz CT molecular complexity index is 267. The highest BCUT2D eigenvalue weighted by atomic mass is 31.2. The molecule has 3 N–H and O–H groups in total. The smallest absolute Gasteiger partial charge is 0.358 e. The van der Waals surface area contributed by atoms with E-state index in [4.69, 9.17) is 9.79 Å². The fourth-order valence-corrected chi connectivity index (χ4v) is 3.34. The predicted molar refractivity (Wildman–Crippen MR) is 48.6 cm³/mol. The molecule has 0 heterocycles. The first-order valence-corrected chi connectivity index (χ1v) is 6.50. The van der Waals surface area contributed by atoms with Crippen molar-refractivity contribution in [2.24, 2.45) is 0 Å². The molecule has 0 aromatic heterocycles. The average molecular weight is 248 g/mol. The van der Waals surface area contributed by atoms with Crippen LogP contribution in [0.3, 0.4) is 0 Å². The Morgan fingerprint density at radius 1 is 1.21 bits per heavy atom. The molecule has 0 bridgehead atoms. The van der Waals surface area contributed by atoms with Crippen molar-refractivity contribution in [3.63, 3.8) is 0 Å². The van der Waals surface area contributed by atoms with E-state index in [0.717, 1.165) is 26.6 Å². The van der Waals surface area contributed by atoms with Crippen LogP contribution in [0.2, 0.25) is 0 Å². The van der Waals surface area contributed by atoms with Gasteiger partial charge in [0.1, 0.15) is 0 Å². The van der Waals surface area contributed by atoms with Crippen LogP contribution in [0.15, 0.2) is 0 Å². The summed E-state index contributed by atoms with van der Waals surface area (Å²) in [6, 6.07) is 0. The minimum absolute atomic E-state index is 0.772. The molecule has 14 heavy (non-hydrogen) atoms. The Kier molecular flexibility index (Phi) is 4.45. The van der Waals surface area contributed by atoms with Crippen molar-refractivity contribution < 1.29 is 28.0 Å². The molecule has 0 radical (unpaired) electrons. The molecule has 0 fully saturated rings. The topological polar surface area (TPSA) is 128 Å². The molecular weight excluding hydrogens is 236 g/mol. The quantitative estimate of drug-likeness (QED) is 0.471. The van der Waals surface area contributed by atoms with Gasteiger partial charge in [0, 0.05) is 14.2 Å². The zero-order chi connectivity index (χ0) is 11.6. The molecule has 0 aliphatic heterocycles. The molecule has 0 amide bonds. The molecule has 0 aromatic carbocycles. The van der Waals surface area contributed by atoms with E-state index in [0.29, 0.717) is 0 Å². The fourth-order valence-electron chi connectivity index (χ4n) is 0.631. The fraction of sp³-hybridized carbons (Fsp3) is 1.00. The van der Waals surface area contributed by atoms with Crippen LogP contribution in [0.5, 0.6) is 0 Å². The molecule has 0 rings (SSSR count). The summed E-state index contributed by atoms with van der Waals surface area (Å²) in [7, 11) is -7.51. The molecule has 0 aromatic rings.